The molecule has 0 bridgehead atoms. The van der Waals surface area contributed by atoms with Gasteiger partial charge in [-0.2, -0.15) is 0 Å². The van der Waals surface area contributed by atoms with Crippen molar-refractivity contribution in [3.63, 3.8) is 0 Å². The number of esters is 1. The molecule has 1 aromatic rings. The van der Waals surface area contributed by atoms with Crippen LogP contribution >= 0.6 is 0 Å². The van der Waals surface area contributed by atoms with Gasteiger partial charge in [0, 0.05) is 6.42 Å². The van der Waals surface area contributed by atoms with E-state index in [-0.39, 0.29) is 5.97 Å². The van der Waals surface area contributed by atoms with E-state index in [1.807, 2.05) is 42.5 Å². The van der Waals surface area contributed by atoms with Crippen LogP contribution in [0.3, 0.4) is 0 Å². The van der Waals surface area contributed by atoms with Crippen molar-refractivity contribution in [1.82, 2.24) is 0 Å². The highest BCUT2D eigenvalue weighted by Gasteiger charge is 1.99. The molecule has 0 aliphatic heterocycles. The molecule has 0 fully saturated rings. The predicted octanol–water partition coefficient (Wildman–Crippen LogP) is 3.82. The van der Waals surface area contributed by atoms with Gasteiger partial charge < -0.3 is 4.74 Å². The van der Waals surface area contributed by atoms with E-state index >= 15 is 0 Å². The average Bonchev–Trinajstić information content (AvgIpc) is 2.36. The normalized spacial score (nSPS) is 10.6. The van der Waals surface area contributed by atoms with Crippen LogP contribution in [0.25, 0.3) is 6.08 Å². The zero-order valence-corrected chi connectivity index (χ0v) is 10.4. The molecule has 0 amide bonds. The lowest BCUT2D eigenvalue weighted by Crippen LogP contribution is -2.03. The largest absolute Gasteiger partial charge is 0.461 e. The predicted molar refractivity (Wildman–Crippen MR) is 70.6 cm³/mol. The topological polar surface area (TPSA) is 26.3 Å². The smallest absolute Gasteiger partial charge is 0.306 e. The Kier molecular flexibility index (Phi) is 6.80. The number of ether oxygens (including phenoxy) is 1. The molecule has 0 radical (unpaired) electrons. The fraction of sp³-hybridized carbons (Fsp3) is 0.400. The molecule has 1 rings (SSSR count). The van der Waals surface area contributed by atoms with Crippen LogP contribution < -0.4 is 0 Å². The zero-order valence-electron chi connectivity index (χ0n) is 10.4. The van der Waals surface area contributed by atoms with Crippen molar-refractivity contribution in [2.75, 3.05) is 6.61 Å². The first-order chi connectivity index (χ1) is 8.33. The van der Waals surface area contributed by atoms with Crippen molar-refractivity contribution in [2.24, 2.45) is 0 Å². The van der Waals surface area contributed by atoms with Gasteiger partial charge in [-0.1, -0.05) is 56.2 Å². The van der Waals surface area contributed by atoms with Gasteiger partial charge in [0.1, 0.15) is 6.61 Å². The first kappa shape index (κ1) is 13.5. The quantitative estimate of drug-likeness (QED) is 0.527. The van der Waals surface area contributed by atoms with Gasteiger partial charge >= 0.3 is 5.97 Å². The molecule has 0 heterocycles. The molecule has 0 saturated carbocycles. The molecule has 1 aromatic carbocycles. The Balaban J connectivity index is 2.15. The number of carbonyl (C=O) groups is 1. The zero-order chi connectivity index (χ0) is 12.3. The van der Waals surface area contributed by atoms with E-state index in [9.17, 15) is 4.79 Å². The third kappa shape index (κ3) is 6.56. The van der Waals surface area contributed by atoms with Crippen LogP contribution in [0.15, 0.2) is 36.4 Å². The van der Waals surface area contributed by atoms with Crippen molar-refractivity contribution >= 4 is 12.0 Å². The second-order valence-corrected chi connectivity index (χ2v) is 3.95. The summed E-state index contributed by atoms with van der Waals surface area (Å²) in [5.41, 5.74) is 1.12. The summed E-state index contributed by atoms with van der Waals surface area (Å²) in [5, 5.41) is 0. The summed E-state index contributed by atoms with van der Waals surface area (Å²) in [4.78, 5) is 11.3. The minimum Gasteiger partial charge on any atom is -0.461 e. The SMILES string of the molecule is CCCCCC(=O)OCC=Cc1ccccc1. The molecule has 0 unspecified atom stereocenters. The summed E-state index contributed by atoms with van der Waals surface area (Å²) in [7, 11) is 0. The Morgan fingerprint density at radius 3 is 2.71 bits per heavy atom. The number of benzene rings is 1. The van der Waals surface area contributed by atoms with Crippen molar-refractivity contribution in [2.45, 2.75) is 32.6 Å². The summed E-state index contributed by atoms with van der Waals surface area (Å²) >= 11 is 0. The van der Waals surface area contributed by atoms with Crippen LogP contribution in [-0.4, -0.2) is 12.6 Å². The summed E-state index contributed by atoms with van der Waals surface area (Å²) < 4.78 is 5.08. The van der Waals surface area contributed by atoms with E-state index in [2.05, 4.69) is 6.92 Å². The van der Waals surface area contributed by atoms with Gasteiger partial charge in [-0.3, -0.25) is 4.79 Å². The van der Waals surface area contributed by atoms with Crippen LogP contribution in [-0.2, 0) is 9.53 Å². The molecule has 17 heavy (non-hydrogen) atoms. The molecular weight excluding hydrogens is 212 g/mol. The van der Waals surface area contributed by atoms with Crippen LogP contribution in [0.5, 0.6) is 0 Å². The second-order valence-electron chi connectivity index (χ2n) is 3.95. The number of rotatable bonds is 7. The first-order valence-corrected chi connectivity index (χ1v) is 6.20. The van der Waals surface area contributed by atoms with Gasteiger partial charge in [0.2, 0.25) is 0 Å². The van der Waals surface area contributed by atoms with E-state index < -0.39 is 0 Å². The van der Waals surface area contributed by atoms with Crippen molar-refractivity contribution in [1.29, 1.82) is 0 Å². The number of hydrogen-bond donors (Lipinski definition) is 0. The minimum atomic E-state index is -0.101. The second kappa shape index (κ2) is 8.57. The third-order valence-corrected chi connectivity index (χ3v) is 2.43. The maximum absolute atomic E-state index is 11.3. The number of unbranched alkanes of at least 4 members (excludes halogenated alkanes) is 2. The lowest BCUT2D eigenvalue weighted by Gasteiger charge is -2.00. The third-order valence-electron chi connectivity index (χ3n) is 2.43. The van der Waals surface area contributed by atoms with Gasteiger partial charge in [-0.15, -0.1) is 0 Å². The highest BCUT2D eigenvalue weighted by atomic mass is 16.5. The Morgan fingerprint density at radius 1 is 1.24 bits per heavy atom. The maximum Gasteiger partial charge on any atom is 0.306 e. The van der Waals surface area contributed by atoms with Gasteiger partial charge in [0.15, 0.2) is 0 Å². The van der Waals surface area contributed by atoms with E-state index in [4.69, 9.17) is 4.74 Å². The standard InChI is InChI=1S/C15H20O2/c1-2-3-5-12-15(16)17-13-8-11-14-9-6-4-7-10-14/h4,6-11H,2-3,5,12-13H2,1H3. The summed E-state index contributed by atoms with van der Waals surface area (Å²) in [6.07, 6.45) is 7.51. The Hall–Kier alpha value is -1.57. The van der Waals surface area contributed by atoms with E-state index in [0.29, 0.717) is 13.0 Å². The Morgan fingerprint density at radius 2 is 2.00 bits per heavy atom. The van der Waals surface area contributed by atoms with Gasteiger partial charge in [-0.25, -0.2) is 0 Å². The molecule has 0 atom stereocenters. The number of carbonyl (C=O) groups excluding carboxylic acids is 1. The van der Waals surface area contributed by atoms with Crippen LogP contribution in [0.1, 0.15) is 38.2 Å². The molecule has 2 nitrogen and oxygen atoms in total. The van der Waals surface area contributed by atoms with Gasteiger partial charge in [-0.05, 0) is 18.1 Å². The monoisotopic (exact) mass is 232 g/mol. The molecule has 0 aliphatic carbocycles. The summed E-state index contributed by atoms with van der Waals surface area (Å²) in [5.74, 6) is -0.101. The summed E-state index contributed by atoms with van der Waals surface area (Å²) in [6, 6.07) is 9.97. The van der Waals surface area contributed by atoms with Crippen molar-refractivity contribution < 1.29 is 9.53 Å². The van der Waals surface area contributed by atoms with E-state index in [1.54, 1.807) is 0 Å². The lowest BCUT2D eigenvalue weighted by molar-refractivity contribution is -0.142. The van der Waals surface area contributed by atoms with Gasteiger partial charge in [0.25, 0.3) is 0 Å². The molecule has 0 saturated heterocycles. The highest BCUT2D eigenvalue weighted by molar-refractivity contribution is 5.69. The molecule has 0 aliphatic rings. The highest BCUT2D eigenvalue weighted by Crippen LogP contribution is 2.02. The minimum absolute atomic E-state index is 0.101. The molecule has 0 aromatic heterocycles. The maximum atomic E-state index is 11.3. The molecule has 2 heteroatoms. The van der Waals surface area contributed by atoms with Crippen LogP contribution in [0, 0.1) is 0 Å². The fourth-order valence-corrected chi connectivity index (χ4v) is 1.48. The molecular formula is C15H20O2. The fourth-order valence-electron chi connectivity index (χ4n) is 1.48. The average molecular weight is 232 g/mol. The van der Waals surface area contributed by atoms with Gasteiger partial charge in [0.05, 0.1) is 0 Å². The molecule has 0 spiro atoms. The molecule has 0 N–H and O–H groups in total. The molecule has 92 valence electrons. The van der Waals surface area contributed by atoms with E-state index in [1.165, 1.54) is 0 Å². The van der Waals surface area contributed by atoms with Crippen LogP contribution in [0.2, 0.25) is 0 Å². The van der Waals surface area contributed by atoms with Crippen molar-refractivity contribution in [3.8, 4) is 0 Å². The van der Waals surface area contributed by atoms with Crippen molar-refractivity contribution in [3.05, 3.63) is 42.0 Å². The Labute approximate surface area is 103 Å². The van der Waals surface area contributed by atoms with E-state index in [0.717, 1.165) is 24.8 Å². The first-order valence-electron chi connectivity index (χ1n) is 6.20. The summed E-state index contributed by atoms with van der Waals surface area (Å²) in [6.45, 7) is 2.48. The lowest BCUT2D eigenvalue weighted by atomic mass is 10.2. The number of hydrogen-bond acceptors (Lipinski definition) is 2. The Bertz CT molecular complexity index is 341. The van der Waals surface area contributed by atoms with Crippen LogP contribution in [0.4, 0.5) is 0 Å².